The predicted octanol–water partition coefficient (Wildman–Crippen LogP) is 2.64. The van der Waals surface area contributed by atoms with Crippen molar-refractivity contribution in [3.05, 3.63) is 31.1 Å². The first-order chi connectivity index (χ1) is 6.63. The Morgan fingerprint density at radius 2 is 2.57 bits per heavy atom. The molecule has 1 N–H and O–H groups in total. The van der Waals surface area contributed by atoms with Gasteiger partial charge in [-0.3, -0.25) is 0 Å². The van der Waals surface area contributed by atoms with Crippen LogP contribution in [0.15, 0.2) is 20.9 Å². The highest BCUT2D eigenvalue weighted by molar-refractivity contribution is 9.11. The van der Waals surface area contributed by atoms with E-state index in [0.717, 1.165) is 0 Å². The quantitative estimate of drug-likeness (QED) is 0.397. The molecule has 0 amide bonds. The van der Waals surface area contributed by atoms with E-state index in [2.05, 4.69) is 30.9 Å². The number of rotatable bonds is 3. The molecular weight excluding hydrogens is 272 g/mol. The van der Waals surface area contributed by atoms with E-state index in [1.807, 2.05) is 0 Å². The monoisotopic (exact) mass is 274 g/mol. The number of halogens is 1. The fraction of sp³-hybridized carbons (Fsp3) is 0. The van der Waals surface area contributed by atoms with Gasteiger partial charge < -0.3 is 5.11 Å². The Bertz CT molecular complexity index is 431. The molecule has 1 heterocycles. The van der Waals surface area contributed by atoms with Crippen molar-refractivity contribution in [3.8, 4) is 0 Å². The zero-order chi connectivity index (χ0) is 10.6. The molecule has 0 bridgehead atoms. The number of hydrogen-bond acceptors (Lipinski definition) is 4. The maximum Gasteiger partial charge on any atom is 0.338 e. The van der Waals surface area contributed by atoms with E-state index in [4.69, 9.17) is 10.6 Å². The first-order valence-electron chi connectivity index (χ1n) is 3.25. The maximum atomic E-state index is 10.5. The Morgan fingerprint density at radius 1 is 1.86 bits per heavy atom. The molecular formula is C6H3BrN4O2S. The van der Waals surface area contributed by atoms with E-state index in [1.165, 1.54) is 23.6 Å². The molecule has 0 fully saturated rings. The van der Waals surface area contributed by atoms with Gasteiger partial charge in [0.25, 0.3) is 0 Å². The highest BCUT2D eigenvalue weighted by Gasteiger charge is 2.05. The SMILES string of the molecule is [N-]=[N+]=N/C(=C\c1cnc(Br)s1)C(=O)O. The van der Waals surface area contributed by atoms with Crippen LogP contribution in [0.3, 0.4) is 0 Å². The van der Waals surface area contributed by atoms with Crippen LogP contribution in [0.4, 0.5) is 0 Å². The van der Waals surface area contributed by atoms with Crippen molar-refractivity contribution in [2.75, 3.05) is 0 Å². The van der Waals surface area contributed by atoms with Crippen LogP contribution in [0.25, 0.3) is 16.5 Å². The standard InChI is InChI=1S/C6H3BrN4O2S/c7-6-9-2-3(14-6)1-4(5(12)13)10-11-8/h1-2H,(H,12,13)/b4-1-. The van der Waals surface area contributed by atoms with Gasteiger partial charge in [-0.05, 0) is 27.5 Å². The summed E-state index contributed by atoms with van der Waals surface area (Å²) in [6, 6.07) is 0. The van der Waals surface area contributed by atoms with Gasteiger partial charge in [-0.25, -0.2) is 9.78 Å². The molecule has 0 atom stereocenters. The number of nitrogens with zero attached hydrogens (tertiary/aromatic N) is 4. The lowest BCUT2D eigenvalue weighted by atomic mass is 10.4. The molecule has 1 aromatic rings. The second-order valence-electron chi connectivity index (χ2n) is 2.04. The Kier molecular flexibility index (Phi) is 3.63. The topological polar surface area (TPSA) is 99.0 Å². The Hall–Kier alpha value is -1.37. The van der Waals surface area contributed by atoms with Crippen molar-refractivity contribution in [2.24, 2.45) is 5.11 Å². The number of carbonyl (C=O) groups is 1. The van der Waals surface area contributed by atoms with Gasteiger partial charge in [-0.15, -0.1) is 11.3 Å². The Balaban J connectivity index is 3.04. The molecule has 72 valence electrons. The van der Waals surface area contributed by atoms with Gasteiger partial charge in [-0.2, -0.15) is 0 Å². The first-order valence-corrected chi connectivity index (χ1v) is 4.86. The minimum Gasteiger partial charge on any atom is -0.478 e. The van der Waals surface area contributed by atoms with Crippen LogP contribution in [-0.2, 0) is 4.79 Å². The number of hydrogen-bond donors (Lipinski definition) is 1. The highest BCUT2D eigenvalue weighted by atomic mass is 79.9. The molecule has 8 heteroatoms. The van der Waals surface area contributed by atoms with Crippen LogP contribution in [0.2, 0.25) is 0 Å². The van der Waals surface area contributed by atoms with Gasteiger partial charge in [0, 0.05) is 16.0 Å². The molecule has 6 nitrogen and oxygen atoms in total. The molecule has 0 saturated heterocycles. The fourth-order valence-electron chi connectivity index (χ4n) is 0.647. The molecule has 0 aliphatic rings. The number of aromatic nitrogens is 1. The van der Waals surface area contributed by atoms with Gasteiger partial charge in [0.1, 0.15) is 5.70 Å². The van der Waals surface area contributed by atoms with Crippen LogP contribution in [0.5, 0.6) is 0 Å². The summed E-state index contributed by atoms with van der Waals surface area (Å²) in [5.74, 6) is -1.27. The van der Waals surface area contributed by atoms with Gasteiger partial charge >= 0.3 is 5.97 Å². The molecule has 0 radical (unpaired) electrons. The lowest BCUT2D eigenvalue weighted by Gasteiger charge is -1.89. The average molecular weight is 275 g/mol. The van der Waals surface area contributed by atoms with E-state index in [0.29, 0.717) is 8.79 Å². The lowest BCUT2D eigenvalue weighted by Crippen LogP contribution is -1.95. The number of carboxylic acids is 1. The fourth-order valence-corrected chi connectivity index (χ4v) is 1.89. The molecule has 0 aliphatic heterocycles. The normalized spacial score (nSPS) is 10.8. The van der Waals surface area contributed by atoms with Crippen LogP contribution < -0.4 is 0 Å². The second-order valence-corrected chi connectivity index (χ2v) is 4.38. The summed E-state index contributed by atoms with van der Waals surface area (Å²) in [5, 5.41) is 11.6. The first kappa shape index (κ1) is 10.7. The smallest absolute Gasteiger partial charge is 0.338 e. The zero-order valence-corrected chi connectivity index (χ0v) is 8.99. The second kappa shape index (κ2) is 4.75. The van der Waals surface area contributed by atoms with Gasteiger partial charge in [0.15, 0.2) is 3.92 Å². The third kappa shape index (κ3) is 2.84. The molecule has 0 spiro atoms. The van der Waals surface area contributed by atoms with Gasteiger partial charge in [-0.1, -0.05) is 5.11 Å². The Morgan fingerprint density at radius 3 is 3.00 bits per heavy atom. The van der Waals surface area contributed by atoms with Crippen molar-refractivity contribution in [1.29, 1.82) is 0 Å². The molecule has 0 aromatic carbocycles. The van der Waals surface area contributed by atoms with Crippen LogP contribution in [-0.4, -0.2) is 16.1 Å². The minimum absolute atomic E-state index is 0.358. The van der Waals surface area contributed by atoms with E-state index in [-0.39, 0.29) is 5.70 Å². The number of aliphatic carboxylic acids is 1. The summed E-state index contributed by atoms with van der Waals surface area (Å²) in [6.45, 7) is 0. The third-order valence-corrected chi connectivity index (χ3v) is 2.57. The minimum atomic E-state index is -1.27. The number of azide groups is 1. The maximum absolute atomic E-state index is 10.5. The molecule has 1 aromatic heterocycles. The summed E-state index contributed by atoms with van der Waals surface area (Å²) < 4.78 is 0.634. The number of carboxylic acid groups (broad SMARTS) is 1. The van der Waals surface area contributed by atoms with Gasteiger partial charge in [0.05, 0.1) is 0 Å². The average Bonchev–Trinajstić information content (AvgIpc) is 2.50. The lowest BCUT2D eigenvalue weighted by molar-refractivity contribution is -0.132. The van der Waals surface area contributed by atoms with Gasteiger partial charge in [0.2, 0.25) is 0 Å². The van der Waals surface area contributed by atoms with Crippen molar-refractivity contribution >= 4 is 39.3 Å². The summed E-state index contributed by atoms with van der Waals surface area (Å²) in [5.41, 5.74) is 7.74. The van der Waals surface area contributed by atoms with Crippen molar-refractivity contribution < 1.29 is 9.90 Å². The molecule has 14 heavy (non-hydrogen) atoms. The molecule has 0 saturated carbocycles. The van der Waals surface area contributed by atoms with Crippen LogP contribution in [0.1, 0.15) is 4.88 Å². The third-order valence-electron chi connectivity index (χ3n) is 1.15. The van der Waals surface area contributed by atoms with E-state index in [1.54, 1.807) is 0 Å². The summed E-state index contributed by atoms with van der Waals surface area (Å²) in [7, 11) is 0. The summed E-state index contributed by atoms with van der Waals surface area (Å²) >= 11 is 4.37. The Labute approximate surface area is 90.7 Å². The zero-order valence-electron chi connectivity index (χ0n) is 6.59. The van der Waals surface area contributed by atoms with E-state index >= 15 is 0 Å². The number of thiazole rings is 1. The summed E-state index contributed by atoms with van der Waals surface area (Å²) in [4.78, 5) is 17.4. The van der Waals surface area contributed by atoms with Crippen LogP contribution >= 0.6 is 27.3 Å². The van der Waals surface area contributed by atoms with Crippen molar-refractivity contribution in [2.45, 2.75) is 0 Å². The molecule has 1 rings (SSSR count). The van der Waals surface area contributed by atoms with E-state index in [9.17, 15) is 4.79 Å². The van der Waals surface area contributed by atoms with E-state index < -0.39 is 5.97 Å². The molecule has 0 aliphatic carbocycles. The van der Waals surface area contributed by atoms with Crippen molar-refractivity contribution in [3.63, 3.8) is 0 Å². The predicted molar refractivity (Wildman–Crippen MR) is 54.6 cm³/mol. The largest absolute Gasteiger partial charge is 0.478 e. The highest BCUT2D eigenvalue weighted by Crippen LogP contribution is 2.21. The summed E-state index contributed by atoms with van der Waals surface area (Å²) in [6.07, 6.45) is 2.73. The molecule has 0 unspecified atom stereocenters. The van der Waals surface area contributed by atoms with Crippen molar-refractivity contribution in [1.82, 2.24) is 4.98 Å². The van der Waals surface area contributed by atoms with Crippen LogP contribution in [0, 0.1) is 0 Å².